The van der Waals surface area contributed by atoms with Gasteiger partial charge in [-0.15, -0.1) is 6.58 Å². The Morgan fingerprint density at radius 3 is 2.46 bits per heavy atom. The van der Waals surface area contributed by atoms with Crippen LogP contribution in [0.1, 0.15) is 89.3 Å². The first-order chi connectivity index (χ1) is 33.6. The van der Waals surface area contributed by atoms with Crippen molar-refractivity contribution in [3.63, 3.8) is 0 Å². The summed E-state index contributed by atoms with van der Waals surface area (Å²) in [6.07, 6.45) is 8.13. The largest absolute Gasteiger partial charge is 0.487 e. The van der Waals surface area contributed by atoms with Crippen molar-refractivity contribution >= 4 is 17.3 Å². The van der Waals surface area contributed by atoms with Crippen molar-refractivity contribution in [3.05, 3.63) is 153 Å². The number of ether oxygens (including phenoxy) is 4. The second kappa shape index (κ2) is 24.2. The van der Waals surface area contributed by atoms with Crippen LogP contribution in [0.3, 0.4) is 0 Å². The van der Waals surface area contributed by atoms with E-state index in [-0.39, 0.29) is 95.2 Å². The van der Waals surface area contributed by atoms with E-state index in [2.05, 4.69) is 23.7 Å². The third-order valence-corrected chi connectivity index (χ3v) is 13.1. The van der Waals surface area contributed by atoms with E-state index in [0.717, 1.165) is 48.2 Å². The molecule has 3 N–H and O–H groups in total. The number of aryl methyl sites for hydroxylation is 1. The third-order valence-electron chi connectivity index (χ3n) is 13.1. The number of nitriles is 1. The number of carbonyl (C=O) groups excluding carboxylic acids is 1. The van der Waals surface area contributed by atoms with Crippen LogP contribution in [0.5, 0.6) is 11.5 Å². The summed E-state index contributed by atoms with van der Waals surface area (Å²) in [4.78, 5) is 38.6. The van der Waals surface area contributed by atoms with E-state index >= 15 is 4.79 Å². The summed E-state index contributed by atoms with van der Waals surface area (Å²) in [6.45, 7) is 6.24. The van der Waals surface area contributed by atoms with Crippen molar-refractivity contribution in [1.29, 1.82) is 5.26 Å². The minimum atomic E-state index is -1.58. The predicted octanol–water partition coefficient (Wildman–Crippen LogP) is 7.73. The van der Waals surface area contributed by atoms with Crippen LogP contribution in [0, 0.1) is 46.1 Å². The summed E-state index contributed by atoms with van der Waals surface area (Å²) in [6, 6.07) is 25.2. The van der Waals surface area contributed by atoms with E-state index in [1.807, 2.05) is 43.3 Å². The Morgan fingerprint density at radius 2 is 1.77 bits per heavy atom. The first-order valence-electron chi connectivity index (χ1n) is 23.6. The number of hydrogen-bond donors (Lipinski definition) is 3. The first-order valence-corrected chi connectivity index (χ1v) is 23.6. The normalized spacial score (nSPS) is 21.8. The van der Waals surface area contributed by atoms with Gasteiger partial charge in [-0.1, -0.05) is 36.2 Å². The second-order valence-corrected chi connectivity index (χ2v) is 17.6. The summed E-state index contributed by atoms with van der Waals surface area (Å²) in [5.74, 6) is -1.85. The molecule has 1 amide bonds. The van der Waals surface area contributed by atoms with Gasteiger partial charge in [0.2, 0.25) is 5.79 Å². The van der Waals surface area contributed by atoms with Gasteiger partial charge >= 0.3 is 0 Å². The first kappa shape index (κ1) is 50.4. The zero-order valence-corrected chi connectivity index (χ0v) is 39.0. The lowest BCUT2D eigenvalue weighted by molar-refractivity contribution is -0.384. The van der Waals surface area contributed by atoms with E-state index in [9.17, 15) is 30.7 Å². The SMILES string of the molecule is C=CCO[C@@]12Oc3ccc(OCc4cccc(C)n4)cc3[C@H]3[C@H](CCCCO)[C@@H](CCCCO)C=C(C(=NOCc4ccc([N+](=O)[O-])cc4)C[C@@H]1N(CCOCCO)C(=O)c1ccc(C#N)cc1)[C@H]32. The van der Waals surface area contributed by atoms with Gasteiger partial charge in [-0.3, -0.25) is 19.9 Å². The maximum Gasteiger partial charge on any atom is 0.269 e. The lowest BCUT2D eigenvalue weighted by atomic mass is 9.55. The lowest BCUT2D eigenvalue weighted by Gasteiger charge is -2.60. The van der Waals surface area contributed by atoms with E-state index < -0.39 is 22.7 Å². The van der Waals surface area contributed by atoms with Crippen LogP contribution in [-0.4, -0.2) is 99.8 Å². The molecule has 69 heavy (non-hydrogen) atoms. The Bertz CT molecular complexity index is 2490. The van der Waals surface area contributed by atoms with Crippen LogP contribution < -0.4 is 9.47 Å². The molecule has 1 saturated carbocycles. The number of aliphatic hydroxyl groups excluding tert-OH is 3. The molecule has 4 aromatic rings. The molecule has 0 unspecified atom stereocenters. The molecule has 0 radical (unpaired) electrons. The Labute approximate surface area is 402 Å². The highest BCUT2D eigenvalue weighted by atomic mass is 16.7. The van der Waals surface area contributed by atoms with Gasteiger partial charge in [-0.05, 0) is 122 Å². The minimum absolute atomic E-state index is 0.00588. The van der Waals surface area contributed by atoms with Crippen LogP contribution in [0.2, 0.25) is 0 Å². The van der Waals surface area contributed by atoms with Crippen molar-refractivity contribution < 1.29 is 48.8 Å². The number of aliphatic hydroxyl groups is 3. The molecule has 1 aliphatic heterocycles. The van der Waals surface area contributed by atoms with Gasteiger partial charge in [-0.25, -0.2) is 0 Å². The van der Waals surface area contributed by atoms with Crippen LogP contribution in [0.15, 0.2) is 114 Å². The number of carbonyl (C=O) groups is 1. The fourth-order valence-corrected chi connectivity index (χ4v) is 10.1. The summed E-state index contributed by atoms with van der Waals surface area (Å²) in [7, 11) is 0. The number of fused-ring (bicyclic) bond motifs is 2. The van der Waals surface area contributed by atoms with Crippen molar-refractivity contribution in [2.24, 2.45) is 22.9 Å². The van der Waals surface area contributed by atoms with E-state index in [4.69, 9.17) is 28.9 Å². The van der Waals surface area contributed by atoms with Gasteiger partial charge in [0.1, 0.15) is 30.8 Å². The van der Waals surface area contributed by atoms with Crippen LogP contribution in [0.25, 0.3) is 0 Å². The topological polar surface area (TPSA) is 219 Å². The Balaban J connectivity index is 1.43. The van der Waals surface area contributed by atoms with E-state index in [1.165, 1.54) is 12.1 Å². The minimum Gasteiger partial charge on any atom is -0.487 e. The number of unbranched alkanes of at least 4 members (excludes halogenated alkanes) is 2. The maximum absolute atomic E-state index is 15.2. The molecule has 0 bridgehead atoms. The molecule has 16 heteroatoms. The van der Waals surface area contributed by atoms with Crippen molar-refractivity contribution in [3.8, 4) is 17.6 Å². The number of nitrogens with zero attached hydrogens (tertiary/aromatic N) is 5. The molecule has 16 nitrogen and oxygen atoms in total. The van der Waals surface area contributed by atoms with Gasteiger partial charge in [0.05, 0.1) is 60.3 Å². The predicted molar refractivity (Wildman–Crippen MR) is 256 cm³/mol. The highest BCUT2D eigenvalue weighted by molar-refractivity contribution is 6.03. The Morgan fingerprint density at radius 1 is 1.00 bits per heavy atom. The number of non-ortho nitro benzene ring substituents is 1. The Hall–Kier alpha value is -6.48. The quantitative estimate of drug-likeness (QED) is 0.0251. The molecule has 0 spiro atoms. The van der Waals surface area contributed by atoms with E-state index in [1.54, 1.807) is 47.4 Å². The van der Waals surface area contributed by atoms with Gasteiger partial charge in [-0.2, -0.15) is 5.26 Å². The lowest BCUT2D eigenvalue weighted by Crippen LogP contribution is -2.70. The van der Waals surface area contributed by atoms with Crippen molar-refractivity contribution in [2.45, 2.75) is 82.8 Å². The standard InChI is InChI=1S/C53H61N5O11/c1-3-27-67-53-49(57(23-28-65-29-26-61)52(62)39-17-13-37(33-54)14-18-39)32-47(56-68-34-38-15-19-42(20-16-38)58(63)64)45-30-40(10-4-6-24-59)44(12-5-7-25-60)50(51(45)53)46-31-43(21-22-48(46)69-53)66-35-41-11-8-9-36(2)55-41/h3,8-9,11,13-22,30-31,40,44,49-51,59-61H,1,4-7,10,12,23-29,32,34-35H2,2H3/t40-,44+,49-,50+,51+,53+/m0/s1. The van der Waals surface area contributed by atoms with Crippen LogP contribution in [0.4, 0.5) is 5.69 Å². The van der Waals surface area contributed by atoms with Gasteiger partial charge < -0.3 is 44.0 Å². The number of oxime groups is 1. The second-order valence-electron chi connectivity index (χ2n) is 17.6. The van der Waals surface area contributed by atoms with Crippen molar-refractivity contribution in [1.82, 2.24) is 9.88 Å². The molecule has 2 heterocycles. The van der Waals surface area contributed by atoms with Crippen molar-refractivity contribution in [2.75, 3.05) is 46.2 Å². The number of benzene rings is 3. The number of pyridine rings is 1. The molecule has 1 aromatic heterocycles. The van der Waals surface area contributed by atoms with E-state index in [0.29, 0.717) is 46.7 Å². The molecule has 6 atom stereocenters. The third kappa shape index (κ3) is 11.9. The number of aromatic nitrogens is 1. The highest BCUT2D eigenvalue weighted by Crippen LogP contribution is 2.62. The number of hydrogen-bond acceptors (Lipinski definition) is 14. The van der Waals surface area contributed by atoms with Gasteiger partial charge in [0, 0.05) is 61.1 Å². The maximum atomic E-state index is 15.2. The number of amides is 1. The molecule has 7 rings (SSSR count). The molecular formula is C53H61N5O11. The molecule has 3 aromatic carbocycles. The molecule has 0 saturated heterocycles. The fraction of sp³-hybridized carbons (Fsp3) is 0.434. The van der Waals surface area contributed by atoms with Crippen LogP contribution in [-0.2, 0) is 27.5 Å². The Kier molecular flexibility index (Phi) is 17.7. The number of allylic oxidation sites excluding steroid dienone is 1. The zero-order valence-electron chi connectivity index (χ0n) is 39.0. The van der Waals surface area contributed by atoms with Gasteiger partial charge in [0.25, 0.3) is 11.6 Å². The molecule has 2 aliphatic carbocycles. The summed E-state index contributed by atoms with van der Waals surface area (Å²) >= 11 is 0. The average Bonchev–Trinajstić information content (AvgIpc) is 3.36. The van der Waals surface area contributed by atoms with Gasteiger partial charge in [0.15, 0.2) is 0 Å². The fourth-order valence-electron chi connectivity index (χ4n) is 10.1. The smallest absolute Gasteiger partial charge is 0.269 e. The number of nitro benzene ring substituents is 1. The molecule has 364 valence electrons. The molecule has 3 aliphatic rings. The highest BCUT2D eigenvalue weighted by Gasteiger charge is 2.65. The monoisotopic (exact) mass is 943 g/mol. The number of rotatable bonds is 25. The molecule has 1 fully saturated rings. The number of nitro groups is 1. The zero-order chi connectivity index (χ0) is 48.8. The molecular weight excluding hydrogens is 883 g/mol. The summed E-state index contributed by atoms with van der Waals surface area (Å²) in [5, 5.41) is 55.6. The van der Waals surface area contributed by atoms with Crippen LogP contribution >= 0.6 is 0 Å². The average molecular weight is 944 g/mol. The summed E-state index contributed by atoms with van der Waals surface area (Å²) < 4.78 is 26.8. The summed E-state index contributed by atoms with van der Waals surface area (Å²) in [5.41, 5.74) is 5.20.